The van der Waals surface area contributed by atoms with Crippen LogP contribution in [0.25, 0.3) is 10.7 Å². The van der Waals surface area contributed by atoms with Crippen molar-refractivity contribution in [1.82, 2.24) is 15.1 Å². The summed E-state index contributed by atoms with van der Waals surface area (Å²) >= 11 is 1.41. The summed E-state index contributed by atoms with van der Waals surface area (Å²) in [6.07, 6.45) is 2.96. The van der Waals surface area contributed by atoms with E-state index in [1.165, 1.54) is 11.3 Å². The Bertz CT molecular complexity index is 546. The van der Waals surface area contributed by atoms with Crippen LogP contribution in [-0.4, -0.2) is 26.2 Å². The van der Waals surface area contributed by atoms with Crippen LogP contribution in [0.3, 0.4) is 0 Å². The van der Waals surface area contributed by atoms with Crippen molar-refractivity contribution in [3.05, 3.63) is 17.6 Å². The monoisotopic (exact) mass is 281 g/mol. The molecule has 0 aromatic carbocycles. The third-order valence-electron chi connectivity index (χ3n) is 3.42. The Morgan fingerprint density at radius 2 is 2.21 bits per heavy atom. The maximum atomic E-state index is 11.4. The number of hydrogen-bond donors (Lipinski definition) is 1. The van der Waals surface area contributed by atoms with Crippen molar-refractivity contribution in [3.63, 3.8) is 0 Å². The van der Waals surface area contributed by atoms with Gasteiger partial charge in [-0.3, -0.25) is 9.78 Å². The van der Waals surface area contributed by atoms with E-state index in [0.29, 0.717) is 24.6 Å². The van der Waals surface area contributed by atoms with Crippen LogP contribution < -0.4 is 0 Å². The molecule has 2 aromatic rings. The zero-order valence-electron chi connectivity index (χ0n) is 10.8. The predicted molar refractivity (Wildman–Crippen MR) is 69.8 cm³/mol. The van der Waals surface area contributed by atoms with Crippen molar-refractivity contribution in [2.75, 3.05) is 0 Å². The van der Waals surface area contributed by atoms with Crippen molar-refractivity contribution >= 4 is 17.3 Å². The van der Waals surface area contributed by atoms with Gasteiger partial charge >= 0.3 is 5.97 Å². The number of rotatable bonds is 6. The molecule has 1 N–H and O–H groups in total. The first-order valence-corrected chi connectivity index (χ1v) is 6.94. The lowest BCUT2D eigenvalue weighted by Crippen LogP contribution is -2.32. The van der Waals surface area contributed by atoms with Crippen molar-refractivity contribution in [1.29, 1.82) is 0 Å². The Morgan fingerprint density at radius 3 is 2.74 bits per heavy atom. The molecule has 0 fully saturated rings. The van der Waals surface area contributed by atoms with Gasteiger partial charge in [0.25, 0.3) is 0 Å². The number of nitrogens with zero attached hydrogens (tertiary/aromatic N) is 3. The van der Waals surface area contributed by atoms with E-state index < -0.39 is 11.4 Å². The van der Waals surface area contributed by atoms with Crippen LogP contribution in [0.4, 0.5) is 0 Å². The van der Waals surface area contributed by atoms with Gasteiger partial charge in [0, 0.05) is 12.6 Å². The molecular formula is C12H15N3O3S. The van der Waals surface area contributed by atoms with Crippen LogP contribution in [0.2, 0.25) is 0 Å². The fourth-order valence-electron chi connectivity index (χ4n) is 1.92. The number of carbonyl (C=O) groups is 1. The number of aliphatic carboxylic acids is 1. The summed E-state index contributed by atoms with van der Waals surface area (Å²) in [4.78, 5) is 20.4. The summed E-state index contributed by atoms with van der Waals surface area (Å²) in [5.41, 5.74) is 0.850. The first-order chi connectivity index (χ1) is 9.11. The fourth-order valence-corrected chi connectivity index (χ4v) is 2.47. The zero-order chi connectivity index (χ0) is 13.9. The van der Waals surface area contributed by atoms with Gasteiger partial charge in [-0.15, -0.1) is 11.3 Å². The van der Waals surface area contributed by atoms with Crippen molar-refractivity contribution in [3.8, 4) is 10.7 Å². The average molecular weight is 281 g/mol. The topological polar surface area (TPSA) is 89.1 Å². The van der Waals surface area contributed by atoms with Crippen LogP contribution in [0.1, 0.15) is 32.6 Å². The van der Waals surface area contributed by atoms with E-state index in [0.717, 1.165) is 4.88 Å². The molecule has 0 atom stereocenters. The molecule has 0 amide bonds. The smallest absolute Gasteiger partial charge is 0.310 e. The number of carboxylic acid groups (broad SMARTS) is 1. The highest BCUT2D eigenvalue weighted by Crippen LogP contribution is 2.31. The second kappa shape index (κ2) is 5.48. The van der Waals surface area contributed by atoms with Crippen LogP contribution in [0.15, 0.2) is 16.2 Å². The van der Waals surface area contributed by atoms with E-state index in [1.54, 1.807) is 11.7 Å². The molecule has 2 heterocycles. The lowest BCUT2D eigenvalue weighted by atomic mass is 9.79. The second-order valence-electron chi connectivity index (χ2n) is 4.35. The minimum atomic E-state index is -0.836. The van der Waals surface area contributed by atoms with Gasteiger partial charge in [-0.25, -0.2) is 0 Å². The van der Waals surface area contributed by atoms with Crippen molar-refractivity contribution in [2.45, 2.75) is 33.1 Å². The van der Waals surface area contributed by atoms with Gasteiger partial charge in [0.05, 0.1) is 15.8 Å². The summed E-state index contributed by atoms with van der Waals surface area (Å²) < 4.78 is 5.15. The number of thiazole rings is 1. The Kier molecular flexibility index (Phi) is 3.94. The molecule has 19 heavy (non-hydrogen) atoms. The highest BCUT2D eigenvalue weighted by molar-refractivity contribution is 7.13. The Morgan fingerprint density at radius 1 is 1.47 bits per heavy atom. The van der Waals surface area contributed by atoms with Crippen LogP contribution >= 0.6 is 11.3 Å². The summed E-state index contributed by atoms with van der Waals surface area (Å²) in [5.74, 6) is -0.00599. The normalized spacial score (nSPS) is 11.7. The third kappa shape index (κ3) is 2.65. The van der Waals surface area contributed by atoms with Gasteiger partial charge in [0.2, 0.25) is 11.7 Å². The summed E-state index contributed by atoms with van der Waals surface area (Å²) in [7, 11) is 0. The first-order valence-electron chi connectivity index (χ1n) is 6.06. The average Bonchev–Trinajstić information content (AvgIpc) is 3.06. The SMILES string of the molecule is CCC(CC)(Cc1nc(-c2cncs2)no1)C(=O)O. The fraction of sp³-hybridized carbons (Fsp3) is 0.500. The summed E-state index contributed by atoms with van der Waals surface area (Å²) in [6.45, 7) is 3.72. The molecule has 0 radical (unpaired) electrons. The molecule has 2 aromatic heterocycles. The van der Waals surface area contributed by atoms with Crippen LogP contribution in [0, 0.1) is 5.41 Å². The quantitative estimate of drug-likeness (QED) is 0.875. The number of hydrogen-bond acceptors (Lipinski definition) is 6. The lowest BCUT2D eigenvalue weighted by molar-refractivity contribution is -0.149. The van der Waals surface area contributed by atoms with E-state index >= 15 is 0 Å². The molecule has 0 aliphatic heterocycles. The maximum Gasteiger partial charge on any atom is 0.310 e. The Labute approximate surface area is 114 Å². The second-order valence-corrected chi connectivity index (χ2v) is 5.23. The molecule has 0 aliphatic rings. The molecule has 102 valence electrons. The van der Waals surface area contributed by atoms with E-state index in [2.05, 4.69) is 15.1 Å². The molecule has 0 saturated carbocycles. The van der Waals surface area contributed by atoms with E-state index in [1.807, 2.05) is 13.8 Å². The highest BCUT2D eigenvalue weighted by Gasteiger charge is 2.37. The van der Waals surface area contributed by atoms with Gasteiger partial charge in [0.1, 0.15) is 0 Å². The van der Waals surface area contributed by atoms with Crippen LogP contribution in [0.5, 0.6) is 0 Å². The standard InChI is InChI=1S/C12H15N3O3S/c1-3-12(4-2,11(16)17)5-9-14-10(15-18-9)8-6-13-7-19-8/h6-7H,3-5H2,1-2H3,(H,16,17). The van der Waals surface area contributed by atoms with Crippen molar-refractivity contribution < 1.29 is 14.4 Å². The molecule has 0 saturated heterocycles. The lowest BCUT2D eigenvalue weighted by Gasteiger charge is -2.24. The highest BCUT2D eigenvalue weighted by atomic mass is 32.1. The van der Waals surface area contributed by atoms with Gasteiger partial charge in [-0.05, 0) is 12.8 Å². The zero-order valence-corrected chi connectivity index (χ0v) is 11.6. The minimum Gasteiger partial charge on any atom is -0.481 e. The van der Waals surface area contributed by atoms with E-state index in [4.69, 9.17) is 4.52 Å². The Hall–Kier alpha value is -1.76. The summed E-state index contributed by atoms with van der Waals surface area (Å²) in [5, 5.41) is 13.2. The molecule has 2 rings (SSSR count). The largest absolute Gasteiger partial charge is 0.481 e. The molecule has 0 bridgehead atoms. The van der Waals surface area contributed by atoms with E-state index in [-0.39, 0.29) is 6.42 Å². The predicted octanol–water partition coefficient (Wildman–Crippen LogP) is 2.63. The first kappa shape index (κ1) is 13.7. The number of aromatic nitrogens is 3. The van der Waals surface area contributed by atoms with E-state index in [9.17, 15) is 9.90 Å². The molecule has 6 nitrogen and oxygen atoms in total. The minimum absolute atomic E-state index is 0.251. The summed E-state index contributed by atoms with van der Waals surface area (Å²) in [6, 6.07) is 0. The molecule has 7 heteroatoms. The third-order valence-corrected chi connectivity index (χ3v) is 4.19. The van der Waals surface area contributed by atoms with Gasteiger partial charge in [0.15, 0.2) is 0 Å². The van der Waals surface area contributed by atoms with Gasteiger partial charge in [-0.1, -0.05) is 19.0 Å². The van der Waals surface area contributed by atoms with Crippen LogP contribution in [-0.2, 0) is 11.2 Å². The maximum absolute atomic E-state index is 11.4. The molecule has 0 aliphatic carbocycles. The Balaban J connectivity index is 2.22. The molecular weight excluding hydrogens is 266 g/mol. The molecule has 0 spiro atoms. The number of carboxylic acids is 1. The van der Waals surface area contributed by atoms with Gasteiger partial charge < -0.3 is 9.63 Å². The molecule has 0 unspecified atom stereocenters. The van der Waals surface area contributed by atoms with Crippen molar-refractivity contribution in [2.24, 2.45) is 5.41 Å². The van der Waals surface area contributed by atoms with Gasteiger partial charge in [-0.2, -0.15) is 4.98 Å².